The number of allylic oxidation sites excluding steroid dienone is 1. The first-order chi connectivity index (χ1) is 42.4. The topological polar surface area (TPSA) is 373 Å². The van der Waals surface area contributed by atoms with Gasteiger partial charge >= 0.3 is 5.97 Å². The predicted octanol–water partition coefficient (Wildman–Crippen LogP) is 5.51. The summed E-state index contributed by atoms with van der Waals surface area (Å²) in [7, 11) is 0. The molecule has 88 heavy (non-hydrogen) atoms. The quantitative estimate of drug-likeness (QED) is 0.0264. The zero-order valence-electron chi connectivity index (χ0n) is 53.6. The normalized spacial score (nSPS) is 29.0. The number of aliphatic hydroxyl groups excluding tert-OH is 11. The Morgan fingerprint density at radius 1 is 0.591 bits per heavy atom. The highest BCUT2D eigenvalue weighted by Crippen LogP contribution is 2.39. The van der Waals surface area contributed by atoms with E-state index in [2.05, 4.69) is 24.5 Å². The van der Waals surface area contributed by atoms with Gasteiger partial charge in [0.25, 0.3) is 5.79 Å². The number of carboxylic acids is 1. The highest BCUT2D eigenvalue weighted by Gasteiger charge is 2.60. The third-order valence-electron chi connectivity index (χ3n) is 17.5. The van der Waals surface area contributed by atoms with Crippen LogP contribution >= 0.6 is 0 Å². The third kappa shape index (κ3) is 29.2. The molecule has 23 nitrogen and oxygen atoms in total. The number of carbonyl (C=O) groups is 3. The summed E-state index contributed by atoms with van der Waals surface area (Å²) in [6, 6.07) is -2.61. The zero-order chi connectivity index (χ0) is 64.7. The monoisotopic (exact) mass is 1260 g/mol. The fourth-order valence-corrected chi connectivity index (χ4v) is 12.0. The minimum Gasteiger partial charge on any atom is -0.477 e. The molecule has 0 bridgehead atoms. The molecule has 0 aromatic rings. The molecule has 14 N–H and O–H groups in total. The standard InChI is InChI=1S/C65H120N2O21/c1-4-6-8-10-12-14-16-17-18-19-20-21-22-23-24-25-26-27-29-30-32-34-36-38-47(72)46(67-52(75)39-37-35-33-31-28-15-13-11-9-7-5-2)44-83-62-57(79)56(78)59(51(43-70)85-62)86-63-58(80)61(55(77)50(42-69)84-63)88-65(64(81)82)40-48(73)53(66-45(3)71)60(87-65)54(76)49(74)41-68/h36,38,46-51,53-63,68-70,72-74,76-80H,4-35,37,39-44H2,1-3H3,(H,66,71)(H,67,75)(H,81,82)/b38-36+. The highest BCUT2D eigenvalue weighted by molar-refractivity contribution is 5.77. The van der Waals surface area contributed by atoms with Crippen molar-refractivity contribution in [2.24, 2.45) is 0 Å². The van der Waals surface area contributed by atoms with E-state index in [9.17, 15) is 75.7 Å². The van der Waals surface area contributed by atoms with Crippen molar-refractivity contribution in [2.75, 3.05) is 26.4 Å². The number of carboxylic acid groups (broad SMARTS) is 1. The summed E-state index contributed by atoms with van der Waals surface area (Å²) in [5.74, 6) is -6.14. The first-order valence-corrected chi connectivity index (χ1v) is 34.1. The third-order valence-corrected chi connectivity index (χ3v) is 17.5. The lowest BCUT2D eigenvalue weighted by Gasteiger charge is -2.50. The molecule has 23 heteroatoms. The Bertz CT molecular complexity index is 1840. The Balaban J connectivity index is 1.59. The predicted molar refractivity (Wildman–Crippen MR) is 329 cm³/mol. The Labute approximate surface area is 524 Å². The van der Waals surface area contributed by atoms with Crippen LogP contribution in [0.5, 0.6) is 0 Å². The second-order valence-electron chi connectivity index (χ2n) is 25.0. The molecule has 0 radical (unpaired) electrons. The number of amides is 2. The zero-order valence-corrected chi connectivity index (χ0v) is 53.6. The lowest BCUT2D eigenvalue weighted by atomic mass is 9.88. The summed E-state index contributed by atoms with van der Waals surface area (Å²) < 4.78 is 34.7. The molecule has 0 aromatic heterocycles. The number of aliphatic hydroxyl groups is 11. The number of ether oxygens (including phenoxy) is 6. The maximum atomic E-state index is 13.4. The maximum Gasteiger partial charge on any atom is 0.364 e. The highest BCUT2D eigenvalue weighted by atomic mass is 16.8. The first kappa shape index (κ1) is 79.7. The molecule has 0 aliphatic carbocycles. The van der Waals surface area contributed by atoms with Crippen molar-refractivity contribution in [3.63, 3.8) is 0 Å². The van der Waals surface area contributed by atoms with E-state index in [4.69, 9.17) is 28.4 Å². The summed E-state index contributed by atoms with van der Waals surface area (Å²) in [6.45, 7) is 2.12. The average molecular weight is 1270 g/mol. The molecule has 0 aromatic carbocycles. The van der Waals surface area contributed by atoms with Crippen LogP contribution in [0.15, 0.2) is 12.2 Å². The van der Waals surface area contributed by atoms with E-state index >= 15 is 0 Å². The Morgan fingerprint density at radius 2 is 1.06 bits per heavy atom. The van der Waals surface area contributed by atoms with Crippen LogP contribution in [-0.2, 0) is 42.8 Å². The van der Waals surface area contributed by atoms with E-state index in [0.29, 0.717) is 12.8 Å². The van der Waals surface area contributed by atoms with Gasteiger partial charge in [0.2, 0.25) is 11.8 Å². The van der Waals surface area contributed by atoms with E-state index in [1.807, 2.05) is 6.08 Å². The molecule has 2 amide bonds. The Hall–Kier alpha value is -2.53. The van der Waals surface area contributed by atoms with Crippen molar-refractivity contribution in [2.45, 2.75) is 355 Å². The molecule has 3 aliphatic heterocycles. The van der Waals surface area contributed by atoms with Gasteiger partial charge in [-0.05, 0) is 19.3 Å². The van der Waals surface area contributed by atoms with Crippen LogP contribution in [-0.4, -0.2) is 215 Å². The van der Waals surface area contributed by atoms with Gasteiger partial charge in [0, 0.05) is 19.8 Å². The van der Waals surface area contributed by atoms with Crippen molar-refractivity contribution in [3.8, 4) is 0 Å². The number of hydrogen-bond donors (Lipinski definition) is 14. The molecule has 0 spiro atoms. The molecule has 3 aliphatic rings. The van der Waals surface area contributed by atoms with Gasteiger partial charge < -0.3 is 100 Å². The lowest BCUT2D eigenvalue weighted by Crippen LogP contribution is -2.70. The van der Waals surface area contributed by atoms with Gasteiger partial charge in [-0.15, -0.1) is 0 Å². The number of nitrogens with one attached hydrogen (secondary N) is 2. The van der Waals surface area contributed by atoms with Crippen LogP contribution in [0.1, 0.15) is 245 Å². The summed E-state index contributed by atoms with van der Waals surface area (Å²) in [5.41, 5.74) is 0. The van der Waals surface area contributed by atoms with Crippen molar-refractivity contribution in [1.82, 2.24) is 10.6 Å². The van der Waals surface area contributed by atoms with Crippen molar-refractivity contribution < 1.29 is 104 Å². The molecule has 3 saturated heterocycles. The van der Waals surface area contributed by atoms with Crippen molar-refractivity contribution in [1.29, 1.82) is 0 Å². The number of hydrogen-bond acceptors (Lipinski definition) is 20. The van der Waals surface area contributed by atoms with Gasteiger partial charge in [-0.3, -0.25) is 9.59 Å². The minimum absolute atomic E-state index is 0.204. The van der Waals surface area contributed by atoms with Crippen molar-refractivity contribution in [3.05, 3.63) is 12.2 Å². The number of unbranched alkanes of at least 4 members (excludes halogenated alkanes) is 31. The number of carbonyl (C=O) groups excluding carboxylic acids is 2. The van der Waals surface area contributed by atoms with Gasteiger partial charge in [0.05, 0.1) is 50.7 Å². The molecule has 0 saturated carbocycles. The number of aliphatic carboxylic acids is 1. The van der Waals surface area contributed by atoms with Gasteiger partial charge in [0.1, 0.15) is 67.1 Å². The largest absolute Gasteiger partial charge is 0.477 e. The average Bonchev–Trinajstić information content (AvgIpc) is 0.926. The second-order valence-corrected chi connectivity index (χ2v) is 25.0. The molecule has 18 atom stereocenters. The van der Waals surface area contributed by atoms with E-state index in [0.717, 1.165) is 51.9 Å². The van der Waals surface area contributed by atoms with Crippen LogP contribution in [0.4, 0.5) is 0 Å². The number of rotatable bonds is 51. The molecular weight excluding hydrogens is 1140 g/mol. The summed E-state index contributed by atoms with van der Waals surface area (Å²) in [4.78, 5) is 38.4. The molecule has 3 rings (SSSR count). The second kappa shape index (κ2) is 46.5. The fourth-order valence-electron chi connectivity index (χ4n) is 12.0. The van der Waals surface area contributed by atoms with Gasteiger partial charge in [0.15, 0.2) is 12.6 Å². The summed E-state index contributed by atoms with van der Waals surface area (Å²) in [6.07, 6.45) is 14.2. The van der Waals surface area contributed by atoms with E-state index in [1.165, 1.54) is 154 Å². The summed E-state index contributed by atoms with van der Waals surface area (Å²) in [5, 5.41) is 136. The molecular formula is C65H120N2O21. The maximum absolute atomic E-state index is 13.4. The van der Waals surface area contributed by atoms with Crippen LogP contribution in [0.25, 0.3) is 0 Å². The van der Waals surface area contributed by atoms with Gasteiger partial charge in [-0.1, -0.05) is 219 Å². The Kier molecular flexibility index (Phi) is 42.1. The SMILES string of the molecule is CCCCCCCCCCCCCCCCCCCCCCC/C=C/C(O)C(COC1OC(CO)C(OC2OC(CO)C(O)C(OC3(C(=O)O)CC(O)C(NC(C)=O)C(C(O)C(O)CO)O3)C2O)C(O)C1O)NC(=O)CCCCCCCCCCCCC. The fraction of sp³-hybridized carbons (Fsp3) is 0.923. The minimum atomic E-state index is -3.08. The molecule has 3 fully saturated rings. The molecule has 516 valence electrons. The van der Waals surface area contributed by atoms with E-state index in [1.54, 1.807) is 6.08 Å². The van der Waals surface area contributed by atoms with Crippen LogP contribution in [0.2, 0.25) is 0 Å². The Morgan fingerprint density at radius 3 is 1.51 bits per heavy atom. The smallest absolute Gasteiger partial charge is 0.364 e. The summed E-state index contributed by atoms with van der Waals surface area (Å²) >= 11 is 0. The van der Waals surface area contributed by atoms with Crippen molar-refractivity contribution >= 4 is 17.8 Å². The van der Waals surface area contributed by atoms with E-state index in [-0.39, 0.29) is 12.3 Å². The molecule has 18 unspecified atom stereocenters. The van der Waals surface area contributed by atoms with Gasteiger partial charge in [-0.2, -0.15) is 0 Å². The van der Waals surface area contributed by atoms with E-state index < -0.39 is 155 Å². The lowest BCUT2D eigenvalue weighted by molar-refractivity contribution is -0.386. The molecule has 3 heterocycles. The van der Waals surface area contributed by atoms with Crippen LogP contribution in [0, 0.1) is 0 Å². The van der Waals surface area contributed by atoms with Crippen LogP contribution < -0.4 is 10.6 Å². The van der Waals surface area contributed by atoms with Crippen LogP contribution in [0.3, 0.4) is 0 Å². The van der Waals surface area contributed by atoms with Gasteiger partial charge in [-0.25, -0.2) is 4.79 Å². The first-order valence-electron chi connectivity index (χ1n) is 34.1.